The molecule has 0 aliphatic heterocycles. The molecule has 23 heavy (non-hydrogen) atoms. The average molecular weight is 333 g/mol. The van der Waals surface area contributed by atoms with Crippen LogP contribution in [0.15, 0.2) is 54.6 Å². The van der Waals surface area contributed by atoms with Crippen molar-refractivity contribution in [1.29, 1.82) is 0 Å². The third-order valence-corrected chi connectivity index (χ3v) is 4.46. The summed E-state index contributed by atoms with van der Waals surface area (Å²) in [5, 5.41) is 0. The number of Topliss-reactive ketones (excluding diaryl/α,β-unsaturated/α-hetero) is 1. The predicted octanol–water partition coefficient (Wildman–Crippen LogP) is 2.73. The van der Waals surface area contributed by atoms with Crippen LogP contribution in [-0.4, -0.2) is 33.6 Å². The van der Waals surface area contributed by atoms with Crippen LogP contribution in [0.3, 0.4) is 0 Å². The lowest BCUT2D eigenvalue weighted by Crippen LogP contribution is -2.33. The van der Waals surface area contributed by atoms with Crippen molar-refractivity contribution < 1.29 is 17.9 Å². The Morgan fingerprint density at radius 3 is 2.17 bits per heavy atom. The maximum Gasteiger partial charge on any atom is 0.232 e. The van der Waals surface area contributed by atoms with E-state index in [9.17, 15) is 13.2 Å². The zero-order valence-electron chi connectivity index (χ0n) is 13.1. The number of rotatable bonds is 7. The number of nitrogens with zero attached hydrogens (tertiary/aromatic N) is 1. The van der Waals surface area contributed by atoms with Gasteiger partial charge in [0, 0.05) is 5.56 Å². The third-order valence-electron chi connectivity index (χ3n) is 3.27. The topological polar surface area (TPSA) is 63.7 Å². The summed E-state index contributed by atoms with van der Waals surface area (Å²) in [6, 6.07) is 15.7. The van der Waals surface area contributed by atoms with Gasteiger partial charge in [-0.3, -0.25) is 9.10 Å². The highest BCUT2D eigenvalue weighted by Gasteiger charge is 2.17. The van der Waals surface area contributed by atoms with Crippen molar-refractivity contribution in [1.82, 2.24) is 0 Å². The fourth-order valence-corrected chi connectivity index (χ4v) is 3.02. The SMILES string of the molecule is CC(=O)c1ccc(N(CCOc2ccccc2)S(C)(=O)=O)cc1. The standard InChI is InChI=1S/C17H19NO4S/c1-14(19)15-8-10-16(11-9-15)18(23(2,20)21)12-13-22-17-6-4-3-5-7-17/h3-11H,12-13H2,1-2H3. The van der Waals surface area contributed by atoms with E-state index in [0.717, 1.165) is 6.26 Å². The van der Waals surface area contributed by atoms with Crippen molar-refractivity contribution >= 4 is 21.5 Å². The van der Waals surface area contributed by atoms with Crippen LogP contribution in [0.25, 0.3) is 0 Å². The molecule has 0 saturated carbocycles. The zero-order chi connectivity index (χ0) is 16.9. The van der Waals surface area contributed by atoms with Gasteiger partial charge in [0.05, 0.1) is 18.5 Å². The molecule has 0 saturated heterocycles. The summed E-state index contributed by atoms with van der Waals surface area (Å²) in [7, 11) is -3.44. The zero-order valence-corrected chi connectivity index (χ0v) is 13.9. The molecule has 0 radical (unpaired) electrons. The fraction of sp³-hybridized carbons (Fsp3) is 0.235. The van der Waals surface area contributed by atoms with Crippen LogP contribution >= 0.6 is 0 Å². The van der Waals surface area contributed by atoms with Crippen LogP contribution < -0.4 is 9.04 Å². The minimum atomic E-state index is -3.44. The van der Waals surface area contributed by atoms with E-state index < -0.39 is 10.0 Å². The van der Waals surface area contributed by atoms with Crippen LogP contribution in [0, 0.1) is 0 Å². The van der Waals surface area contributed by atoms with E-state index in [1.807, 2.05) is 30.3 Å². The molecule has 0 aliphatic rings. The van der Waals surface area contributed by atoms with E-state index in [4.69, 9.17) is 4.74 Å². The quantitative estimate of drug-likeness (QED) is 0.731. The van der Waals surface area contributed by atoms with Crippen LogP contribution in [0.4, 0.5) is 5.69 Å². The van der Waals surface area contributed by atoms with Crippen molar-refractivity contribution in [3.63, 3.8) is 0 Å². The number of hydrogen-bond donors (Lipinski definition) is 0. The average Bonchev–Trinajstić information content (AvgIpc) is 2.51. The highest BCUT2D eigenvalue weighted by Crippen LogP contribution is 2.19. The molecule has 0 fully saturated rings. The van der Waals surface area contributed by atoms with E-state index in [1.54, 1.807) is 24.3 Å². The first-order chi connectivity index (χ1) is 10.9. The Morgan fingerprint density at radius 1 is 1.04 bits per heavy atom. The molecule has 0 spiro atoms. The summed E-state index contributed by atoms with van der Waals surface area (Å²) in [5.41, 5.74) is 1.05. The second-order valence-corrected chi connectivity index (χ2v) is 7.01. The number of carbonyl (C=O) groups is 1. The normalized spacial score (nSPS) is 11.0. The second-order valence-electron chi connectivity index (χ2n) is 5.10. The van der Waals surface area contributed by atoms with Crippen LogP contribution in [0.2, 0.25) is 0 Å². The minimum absolute atomic E-state index is 0.0603. The molecule has 0 heterocycles. The highest BCUT2D eigenvalue weighted by molar-refractivity contribution is 7.92. The maximum absolute atomic E-state index is 12.0. The molecule has 122 valence electrons. The third kappa shape index (κ3) is 4.82. The monoisotopic (exact) mass is 333 g/mol. The smallest absolute Gasteiger partial charge is 0.232 e. The van der Waals surface area contributed by atoms with Gasteiger partial charge in [0.25, 0.3) is 0 Å². The Bertz CT molecular complexity index is 755. The first-order valence-corrected chi connectivity index (χ1v) is 8.99. The van der Waals surface area contributed by atoms with Gasteiger partial charge in [0.15, 0.2) is 5.78 Å². The van der Waals surface area contributed by atoms with Crippen molar-refractivity contribution in [3.8, 4) is 5.75 Å². The van der Waals surface area contributed by atoms with E-state index in [2.05, 4.69) is 0 Å². The largest absolute Gasteiger partial charge is 0.492 e. The van der Waals surface area contributed by atoms with Gasteiger partial charge in [0.2, 0.25) is 10.0 Å². The van der Waals surface area contributed by atoms with Gasteiger partial charge in [-0.25, -0.2) is 8.42 Å². The summed E-state index contributed by atoms with van der Waals surface area (Å²) in [6.45, 7) is 1.88. The molecule has 2 aromatic rings. The molecular weight excluding hydrogens is 314 g/mol. The maximum atomic E-state index is 12.0. The molecule has 0 N–H and O–H groups in total. The Kier molecular flexibility index (Phi) is 5.39. The van der Waals surface area contributed by atoms with E-state index in [-0.39, 0.29) is 18.9 Å². The first-order valence-electron chi connectivity index (χ1n) is 7.14. The molecular formula is C17H19NO4S. The Labute approximate surface area is 136 Å². The number of anilines is 1. The van der Waals surface area contributed by atoms with Gasteiger partial charge in [0.1, 0.15) is 12.4 Å². The Balaban J connectivity index is 2.10. The van der Waals surface area contributed by atoms with Crippen molar-refractivity contribution in [2.75, 3.05) is 23.7 Å². The number of carbonyl (C=O) groups excluding carboxylic acids is 1. The lowest BCUT2D eigenvalue weighted by atomic mass is 10.1. The van der Waals surface area contributed by atoms with Gasteiger partial charge in [-0.1, -0.05) is 18.2 Å². The van der Waals surface area contributed by atoms with Crippen molar-refractivity contribution in [2.45, 2.75) is 6.92 Å². The van der Waals surface area contributed by atoms with Crippen molar-refractivity contribution in [2.24, 2.45) is 0 Å². The lowest BCUT2D eigenvalue weighted by Gasteiger charge is -2.22. The van der Waals surface area contributed by atoms with Crippen LogP contribution in [-0.2, 0) is 10.0 Å². The number of ketones is 1. The Morgan fingerprint density at radius 2 is 1.65 bits per heavy atom. The van der Waals surface area contributed by atoms with Crippen molar-refractivity contribution in [3.05, 3.63) is 60.2 Å². The molecule has 2 rings (SSSR count). The molecule has 0 aliphatic carbocycles. The van der Waals surface area contributed by atoms with Gasteiger partial charge < -0.3 is 4.74 Å². The number of para-hydroxylation sites is 1. The van der Waals surface area contributed by atoms with Gasteiger partial charge in [-0.15, -0.1) is 0 Å². The van der Waals surface area contributed by atoms with E-state index >= 15 is 0 Å². The fourth-order valence-electron chi connectivity index (χ4n) is 2.11. The van der Waals surface area contributed by atoms with Crippen LogP contribution in [0.1, 0.15) is 17.3 Å². The summed E-state index contributed by atoms with van der Waals surface area (Å²) in [5.74, 6) is 0.628. The van der Waals surface area contributed by atoms with Gasteiger partial charge >= 0.3 is 0 Å². The number of ether oxygens (including phenoxy) is 1. The molecule has 0 amide bonds. The number of benzene rings is 2. The molecule has 0 aromatic heterocycles. The second kappa shape index (κ2) is 7.28. The van der Waals surface area contributed by atoms with Gasteiger partial charge in [-0.2, -0.15) is 0 Å². The summed E-state index contributed by atoms with van der Waals surface area (Å²) in [4.78, 5) is 11.3. The predicted molar refractivity (Wildman–Crippen MR) is 90.6 cm³/mol. The van der Waals surface area contributed by atoms with E-state index in [0.29, 0.717) is 17.0 Å². The Hall–Kier alpha value is -2.34. The van der Waals surface area contributed by atoms with Crippen LogP contribution in [0.5, 0.6) is 5.75 Å². The number of hydrogen-bond acceptors (Lipinski definition) is 4. The molecule has 0 atom stereocenters. The molecule has 0 bridgehead atoms. The number of sulfonamides is 1. The van der Waals surface area contributed by atoms with Gasteiger partial charge in [-0.05, 0) is 43.3 Å². The summed E-state index contributed by atoms with van der Waals surface area (Å²) < 4.78 is 30.8. The summed E-state index contributed by atoms with van der Waals surface area (Å²) >= 11 is 0. The first kappa shape index (κ1) is 17.0. The molecule has 0 unspecified atom stereocenters. The molecule has 5 nitrogen and oxygen atoms in total. The lowest BCUT2D eigenvalue weighted by molar-refractivity contribution is 0.101. The van der Waals surface area contributed by atoms with E-state index in [1.165, 1.54) is 11.2 Å². The minimum Gasteiger partial charge on any atom is -0.492 e. The molecule has 6 heteroatoms. The highest BCUT2D eigenvalue weighted by atomic mass is 32.2. The molecule has 2 aromatic carbocycles. The summed E-state index contributed by atoms with van der Waals surface area (Å²) in [6.07, 6.45) is 1.15.